The van der Waals surface area contributed by atoms with Crippen LogP contribution in [0.5, 0.6) is 0 Å². The Balaban J connectivity index is 1.48. The smallest absolute Gasteiger partial charge is 0.150 e. The normalized spacial score (nSPS) is 18.8. The molecule has 3 aromatic heterocycles. The highest BCUT2D eigenvalue weighted by molar-refractivity contribution is 6.36. The van der Waals surface area contributed by atoms with E-state index in [9.17, 15) is 0 Å². The van der Waals surface area contributed by atoms with Gasteiger partial charge in [-0.15, -0.1) is 0 Å². The minimum absolute atomic E-state index is 0.0516. The first-order valence-electron chi connectivity index (χ1n) is 13.9. The van der Waals surface area contributed by atoms with Crippen LogP contribution in [-0.4, -0.2) is 49.5 Å². The third-order valence-corrected chi connectivity index (χ3v) is 8.78. The largest absolute Gasteiger partial charge is 0.356 e. The molecule has 1 atom stereocenters. The first-order valence-corrected chi connectivity index (χ1v) is 14.3. The molecular weight excluding hydrogens is 510 g/mol. The van der Waals surface area contributed by atoms with Crippen LogP contribution in [0, 0.1) is 13.8 Å². The summed E-state index contributed by atoms with van der Waals surface area (Å²) in [5.41, 5.74) is 8.09. The zero-order chi connectivity index (χ0) is 26.5. The van der Waals surface area contributed by atoms with Crippen molar-refractivity contribution in [3.05, 3.63) is 59.0 Å². The SMILES string of the molecule is Cc1cc2c(cnn2C2CCCCO2)c(-c2c(-c3ccc4nnccc4c3)nn(C3CCNCC3)c2C)c1Cl. The Kier molecular flexibility index (Phi) is 6.34. The molecule has 5 aromatic rings. The summed E-state index contributed by atoms with van der Waals surface area (Å²) >= 11 is 7.19. The average Bonchev–Trinajstić information content (AvgIpc) is 3.55. The van der Waals surface area contributed by atoms with Gasteiger partial charge in [0.1, 0.15) is 5.69 Å². The summed E-state index contributed by atoms with van der Waals surface area (Å²) in [5, 5.41) is 24.8. The van der Waals surface area contributed by atoms with Gasteiger partial charge in [-0.1, -0.05) is 17.7 Å². The standard InChI is InChI=1S/C30H32ClN7O/c1-18-15-25-23(17-34-38(25)26-5-3-4-14-39-26)28(29(18)31)27-19(2)37(22-9-11-32-12-10-22)36-30(27)21-6-7-24-20(16-21)8-13-33-35-24/h6-8,13,15-17,22,26,32H,3-5,9-12,14H2,1-2H3. The Labute approximate surface area is 232 Å². The molecular formula is C30H32ClN7O. The Morgan fingerprint density at radius 2 is 1.87 bits per heavy atom. The summed E-state index contributed by atoms with van der Waals surface area (Å²) in [6, 6.07) is 10.7. The van der Waals surface area contributed by atoms with Crippen molar-refractivity contribution >= 4 is 33.4 Å². The quantitative estimate of drug-likeness (QED) is 0.283. The van der Waals surface area contributed by atoms with E-state index in [-0.39, 0.29) is 6.23 Å². The molecule has 0 saturated carbocycles. The monoisotopic (exact) mass is 541 g/mol. The number of rotatable bonds is 4. The van der Waals surface area contributed by atoms with Crippen LogP contribution in [0.4, 0.5) is 0 Å². The fraction of sp³-hybridized carbons (Fsp3) is 0.400. The molecule has 39 heavy (non-hydrogen) atoms. The lowest BCUT2D eigenvalue weighted by atomic mass is 9.94. The molecule has 2 fully saturated rings. The lowest BCUT2D eigenvalue weighted by Gasteiger charge is -2.24. The molecule has 2 saturated heterocycles. The molecule has 0 aliphatic carbocycles. The van der Waals surface area contributed by atoms with Crippen molar-refractivity contribution in [2.75, 3.05) is 19.7 Å². The molecule has 0 radical (unpaired) electrons. The van der Waals surface area contributed by atoms with E-state index >= 15 is 0 Å². The second kappa shape index (κ2) is 10.0. The van der Waals surface area contributed by atoms with E-state index in [1.807, 2.05) is 23.0 Å². The maximum absolute atomic E-state index is 7.19. The molecule has 0 spiro atoms. The van der Waals surface area contributed by atoms with Crippen molar-refractivity contribution in [2.24, 2.45) is 0 Å². The Morgan fingerprint density at radius 3 is 2.69 bits per heavy atom. The van der Waals surface area contributed by atoms with E-state index in [0.29, 0.717) is 6.04 Å². The second-order valence-corrected chi connectivity index (χ2v) is 11.1. The Bertz CT molecular complexity index is 1680. The fourth-order valence-electron chi connectivity index (χ4n) is 6.24. The molecule has 1 N–H and O–H groups in total. The lowest BCUT2D eigenvalue weighted by molar-refractivity contribution is -0.0366. The van der Waals surface area contributed by atoms with Crippen LogP contribution in [0.25, 0.3) is 44.2 Å². The van der Waals surface area contributed by atoms with Gasteiger partial charge in [-0.25, -0.2) is 4.68 Å². The predicted octanol–water partition coefficient (Wildman–Crippen LogP) is 6.40. The van der Waals surface area contributed by atoms with Crippen molar-refractivity contribution in [2.45, 2.75) is 58.2 Å². The van der Waals surface area contributed by atoms with Gasteiger partial charge >= 0.3 is 0 Å². The summed E-state index contributed by atoms with van der Waals surface area (Å²) < 4.78 is 10.4. The molecule has 7 rings (SSSR count). The highest BCUT2D eigenvalue weighted by Crippen LogP contribution is 2.45. The van der Waals surface area contributed by atoms with Crippen molar-refractivity contribution in [3.8, 4) is 22.4 Å². The highest BCUT2D eigenvalue weighted by atomic mass is 35.5. The third-order valence-electron chi connectivity index (χ3n) is 8.29. The van der Waals surface area contributed by atoms with Gasteiger partial charge in [0.25, 0.3) is 0 Å². The summed E-state index contributed by atoms with van der Waals surface area (Å²) in [5.74, 6) is 0. The van der Waals surface area contributed by atoms with Crippen LogP contribution in [0.1, 0.15) is 55.6 Å². The van der Waals surface area contributed by atoms with Gasteiger partial charge in [0.05, 0.1) is 34.5 Å². The minimum Gasteiger partial charge on any atom is -0.356 e. The zero-order valence-electron chi connectivity index (χ0n) is 22.3. The number of nitrogens with one attached hydrogen (secondary N) is 1. The third kappa shape index (κ3) is 4.22. The van der Waals surface area contributed by atoms with Gasteiger partial charge < -0.3 is 10.1 Å². The van der Waals surface area contributed by atoms with E-state index in [4.69, 9.17) is 26.5 Å². The first kappa shape index (κ1) is 24.7. The highest BCUT2D eigenvalue weighted by Gasteiger charge is 2.29. The number of ether oxygens (including phenoxy) is 1. The maximum Gasteiger partial charge on any atom is 0.150 e. The van der Waals surface area contributed by atoms with Gasteiger partial charge in [0.2, 0.25) is 0 Å². The molecule has 1 unspecified atom stereocenters. The Hall–Kier alpha value is -3.33. The fourth-order valence-corrected chi connectivity index (χ4v) is 6.50. The number of nitrogens with zero attached hydrogens (tertiary/aromatic N) is 6. The molecule has 8 nitrogen and oxygen atoms in total. The molecule has 2 aliphatic rings. The second-order valence-electron chi connectivity index (χ2n) is 10.8. The van der Waals surface area contributed by atoms with Crippen molar-refractivity contribution in [1.29, 1.82) is 0 Å². The van der Waals surface area contributed by atoms with Gasteiger partial charge in [-0.2, -0.15) is 20.4 Å². The van der Waals surface area contributed by atoms with Crippen molar-refractivity contribution in [3.63, 3.8) is 0 Å². The molecule has 5 heterocycles. The molecule has 9 heteroatoms. The van der Waals surface area contributed by atoms with Gasteiger partial charge in [-0.05, 0) is 88.9 Å². The van der Waals surface area contributed by atoms with E-state index in [1.165, 1.54) is 0 Å². The number of benzene rings is 2. The number of fused-ring (bicyclic) bond motifs is 2. The number of halogens is 1. The van der Waals surface area contributed by atoms with Crippen LogP contribution in [0.2, 0.25) is 5.02 Å². The van der Waals surface area contributed by atoms with Crippen molar-refractivity contribution in [1.82, 2.24) is 35.1 Å². The summed E-state index contributed by atoms with van der Waals surface area (Å²) in [4.78, 5) is 0. The van der Waals surface area contributed by atoms with Crippen LogP contribution in [0.3, 0.4) is 0 Å². The van der Waals surface area contributed by atoms with Crippen LogP contribution in [-0.2, 0) is 4.74 Å². The van der Waals surface area contributed by atoms with E-state index in [0.717, 1.165) is 112 Å². The first-order chi connectivity index (χ1) is 19.1. The van der Waals surface area contributed by atoms with E-state index in [2.05, 4.69) is 52.2 Å². The molecule has 0 bridgehead atoms. The van der Waals surface area contributed by atoms with Crippen LogP contribution in [0.15, 0.2) is 42.7 Å². The van der Waals surface area contributed by atoms with Gasteiger partial charge in [-0.3, -0.25) is 4.68 Å². The molecule has 200 valence electrons. The van der Waals surface area contributed by atoms with Crippen LogP contribution < -0.4 is 5.32 Å². The zero-order valence-corrected chi connectivity index (χ0v) is 23.1. The molecule has 2 aromatic carbocycles. The average molecular weight is 542 g/mol. The van der Waals surface area contributed by atoms with Gasteiger partial charge in [0.15, 0.2) is 6.23 Å². The minimum atomic E-state index is -0.0516. The number of aryl methyl sites for hydroxylation is 1. The predicted molar refractivity (Wildman–Crippen MR) is 154 cm³/mol. The molecule has 0 amide bonds. The van der Waals surface area contributed by atoms with E-state index in [1.54, 1.807) is 6.20 Å². The number of hydrogen-bond donors (Lipinski definition) is 1. The number of aromatic nitrogens is 6. The topological polar surface area (TPSA) is 82.7 Å². The van der Waals surface area contributed by atoms with Crippen LogP contribution >= 0.6 is 11.6 Å². The Morgan fingerprint density at radius 1 is 1.00 bits per heavy atom. The summed E-state index contributed by atoms with van der Waals surface area (Å²) in [7, 11) is 0. The molecule has 2 aliphatic heterocycles. The number of hydrogen-bond acceptors (Lipinski definition) is 6. The maximum atomic E-state index is 7.19. The summed E-state index contributed by atoms with van der Waals surface area (Å²) in [6.45, 7) is 7.01. The van der Waals surface area contributed by atoms with Gasteiger partial charge in [0, 0.05) is 39.8 Å². The lowest BCUT2D eigenvalue weighted by Crippen LogP contribution is -2.30. The van der Waals surface area contributed by atoms with Crippen molar-refractivity contribution < 1.29 is 4.74 Å². The summed E-state index contributed by atoms with van der Waals surface area (Å²) in [6.07, 6.45) is 8.93. The van der Waals surface area contributed by atoms with E-state index < -0.39 is 0 Å². The number of piperidine rings is 1.